The van der Waals surface area contributed by atoms with Crippen molar-refractivity contribution in [2.75, 3.05) is 7.11 Å². The van der Waals surface area contributed by atoms with Crippen molar-refractivity contribution in [3.05, 3.63) is 29.3 Å². The second kappa shape index (κ2) is 9.26. The topological polar surface area (TPSA) is 9.23 Å². The number of ether oxygens (including phenoxy) is 1. The fraction of sp³-hybridized carbons (Fsp3) is 0.600. The van der Waals surface area contributed by atoms with Gasteiger partial charge in [-0.15, -0.1) is 0 Å². The predicted octanol–water partition coefficient (Wildman–Crippen LogP) is 4.76. The maximum atomic E-state index is 5.24. The number of unbranched alkanes of at least 4 members (excludes halogenated alkanes) is 2. The third kappa shape index (κ3) is 5.79. The van der Waals surface area contributed by atoms with Crippen LogP contribution >= 0.6 is 0 Å². The molecule has 1 rings (SSSR count). The van der Waals surface area contributed by atoms with E-state index in [0.29, 0.717) is 0 Å². The van der Waals surface area contributed by atoms with Crippen LogP contribution in [0.25, 0.3) is 0 Å². The van der Waals surface area contributed by atoms with E-state index in [2.05, 4.69) is 32.0 Å². The molecule has 0 aliphatic rings. The van der Waals surface area contributed by atoms with Gasteiger partial charge in [-0.25, -0.2) is 0 Å². The highest BCUT2D eigenvalue weighted by Crippen LogP contribution is 2.18. The van der Waals surface area contributed by atoms with Crippen LogP contribution in [0.5, 0.6) is 5.75 Å². The lowest BCUT2D eigenvalue weighted by Crippen LogP contribution is -1.90. The lowest BCUT2D eigenvalue weighted by atomic mass is 10.0. The van der Waals surface area contributed by atoms with Gasteiger partial charge in [0, 0.05) is 0 Å². The van der Waals surface area contributed by atoms with Crippen molar-refractivity contribution in [1.29, 1.82) is 0 Å². The van der Waals surface area contributed by atoms with Gasteiger partial charge in [0.25, 0.3) is 0 Å². The minimum Gasteiger partial charge on any atom is -0.497 e. The van der Waals surface area contributed by atoms with E-state index in [4.69, 9.17) is 4.74 Å². The molecule has 0 spiro atoms. The number of hydrogen-bond acceptors (Lipinski definition) is 1. The zero-order valence-electron chi connectivity index (χ0n) is 11.5. The highest BCUT2D eigenvalue weighted by atomic mass is 16.5. The average Bonchev–Trinajstić information content (AvgIpc) is 2.31. The molecule has 0 unspecified atom stereocenters. The summed E-state index contributed by atoms with van der Waals surface area (Å²) in [6.45, 7) is 8.35. The summed E-state index contributed by atoms with van der Waals surface area (Å²) in [7, 11) is 1.73. The molecule has 0 aliphatic heterocycles. The van der Waals surface area contributed by atoms with Gasteiger partial charge in [-0.1, -0.05) is 39.7 Å². The van der Waals surface area contributed by atoms with Gasteiger partial charge < -0.3 is 4.74 Å². The van der Waals surface area contributed by atoms with Crippen molar-refractivity contribution < 1.29 is 4.74 Å². The number of rotatable bonds is 5. The molecule has 1 aromatic carbocycles. The van der Waals surface area contributed by atoms with E-state index in [1.54, 1.807) is 7.11 Å². The Balaban J connectivity index is 0.00000106. The Bertz CT molecular complexity index is 279. The molecule has 0 heterocycles. The van der Waals surface area contributed by atoms with E-state index in [1.165, 1.54) is 36.8 Å². The normalized spacial score (nSPS) is 9.31. The molecular formula is C15H26O. The van der Waals surface area contributed by atoms with Crippen LogP contribution in [0, 0.1) is 6.92 Å². The van der Waals surface area contributed by atoms with Gasteiger partial charge in [-0.05, 0) is 43.0 Å². The van der Waals surface area contributed by atoms with Crippen molar-refractivity contribution >= 4 is 0 Å². The Kier molecular flexibility index (Phi) is 8.69. The first kappa shape index (κ1) is 15.0. The van der Waals surface area contributed by atoms with Crippen molar-refractivity contribution in [2.24, 2.45) is 0 Å². The van der Waals surface area contributed by atoms with E-state index in [-0.39, 0.29) is 0 Å². The van der Waals surface area contributed by atoms with E-state index < -0.39 is 0 Å². The monoisotopic (exact) mass is 222 g/mol. The van der Waals surface area contributed by atoms with Crippen LogP contribution in [0.2, 0.25) is 0 Å². The van der Waals surface area contributed by atoms with Gasteiger partial charge in [0.05, 0.1) is 7.11 Å². The fourth-order valence-electron chi connectivity index (χ4n) is 1.67. The minimum absolute atomic E-state index is 0.983. The van der Waals surface area contributed by atoms with Crippen LogP contribution in [0.3, 0.4) is 0 Å². The maximum absolute atomic E-state index is 5.24. The van der Waals surface area contributed by atoms with Crippen LogP contribution < -0.4 is 4.74 Å². The molecule has 0 fully saturated rings. The first-order valence-corrected chi connectivity index (χ1v) is 6.41. The molecule has 0 saturated heterocycles. The molecule has 1 nitrogen and oxygen atoms in total. The number of methoxy groups -OCH3 is 1. The molecule has 0 N–H and O–H groups in total. The van der Waals surface area contributed by atoms with Crippen LogP contribution in [-0.4, -0.2) is 7.11 Å². The largest absolute Gasteiger partial charge is 0.497 e. The lowest BCUT2D eigenvalue weighted by Gasteiger charge is -2.06. The third-order valence-corrected chi connectivity index (χ3v) is 2.42. The molecule has 0 aliphatic carbocycles. The zero-order chi connectivity index (χ0) is 12.4. The highest BCUT2D eigenvalue weighted by molar-refractivity contribution is 5.33. The minimum atomic E-state index is 0.983. The maximum Gasteiger partial charge on any atom is 0.119 e. The van der Waals surface area contributed by atoms with E-state index in [0.717, 1.165) is 5.75 Å². The zero-order valence-corrected chi connectivity index (χ0v) is 11.5. The molecule has 0 amide bonds. The van der Waals surface area contributed by atoms with Crippen LogP contribution in [0.15, 0.2) is 18.2 Å². The molecule has 0 bridgehead atoms. The Morgan fingerprint density at radius 1 is 1.06 bits per heavy atom. The van der Waals surface area contributed by atoms with Gasteiger partial charge in [-0.3, -0.25) is 0 Å². The first-order valence-electron chi connectivity index (χ1n) is 6.41. The molecule has 0 aromatic heterocycles. The fourth-order valence-corrected chi connectivity index (χ4v) is 1.67. The summed E-state index contributed by atoms with van der Waals surface area (Å²) in [4.78, 5) is 0. The van der Waals surface area contributed by atoms with Crippen LogP contribution in [-0.2, 0) is 6.42 Å². The molecule has 1 aromatic rings. The molecule has 0 atom stereocenters. The van der Waals surface area contributed by atoms with Crippen molar-refractivity contribution in [2.45, 2.75) is 53.4 Å². The second-order valence-corrected chi connectivity index (χ2v) is 3.82. The molecule has 16 heavy (non-hydrogen) atoms. The van der Waals surface area contributed by atoms with E-state index in [1.807, 2.05) is 13.8 Å². The number of hydrogen-bond donors (Lipinski definition) is 0. The van der Waals surface area contributed by atoms with E-state index >= 15 is 0 Å². The summed E-state index contributed by atoms with van der Waals surface area (Å²) in [6.07, 6.45) is 5.05. The molecule has 92 valence electrons. The first-order chi connectivity index (χ1) is 7.76. The lowest BCUT2D eigenvalue weighted by molar-refractivity contribution is 0.414. The third-order valence-electron chi connectivity index (χ3n) is 2.42. The van der Waals surface area contributed by atoms with Gasteiger partial charge >= 0.3 is 0 Å². The summed E-state index contributed by atoms with van der Waals surface area (Å²) in [5.41, 5.74) is 2.69. The molecule has 0 radical (unpaired) electrons. The Labute approximate surface area is 101 Å². The van der Waals surface area contributed by atoms with Gasteiger partial charge in [0.2, 0.25) is 0 Å². The SMILES string of the molecule is CC.CCCCCc1cc(C)cc(OC)c1. The van der Waals surface area contributed by atoms with Crippen LogP contribution in [0.4, 0.5) is 0 Å². The summed E-state index contributed by atoms with van der Waals surface area (Å²) in [5.74, 6) is 0.983. The number of aryl methyl sites for hydroxylation is 2. The quantitative estimate of drug-likeness (QED) is 0.652. The van der Waals surface area contributed by atoms with Crippen molar-refractivity contribution in [3.63, 3.8) is 0 Å². The highest BCUT2D eigenvalue weighted by Gasteiger charge is 1.98. The number of benzene rings is 1. The average molecular weight is 222 g/mol. The smallest absolute Gasteiger partial charge is 0.119 e. The Hall–Kier alpha value is -0.980. The van der Waals surface area contributed by atoms with Gasteiger partial charge in [0.15, 0.2) is 0 Å². The molecular weight excluding hydrogens is 196 g/mol. The summed E-state index contributed by atoms with van der Waals surface area (Å²) < 4.78 is 5.24. The van der Waals surface area contributed by atoms with Gasteiger partial charge in [-0.2, -0.15) is 0 Å². The molecule has 1 heteroatoms. The summed E-state index contributed by atoms with van der Waals surface area (Å²) >= 11 is 0. The summed E-state index contributed by atoms with van der Waals surface area (Å²) in [6, 6.07) is 6.46. The van der Waals surface area contributed by atoms with Gasteiger partial charge in [0.1, 0.15) is 5.75 Å². The van der Waals surface area contributed by atoms with Crippen LogP contribution in [0.1, 0.15) is 51.2 Å². The Morgan fingerprint density at radius 2 is 1.75 bits per heavy atom. The molecule has 0 saturated carbocycles. The van der Waals surface area contributed by atoms with E-state index in [9.17, 15) is 0 Å². The predicted molar refractivity (Wildman–Crippen MR) is 72.3 cm³/mol. The summed E-state index contributed by atoms with van der Waals surface area (Å²) in [5, 5.41) is 0. The second-order valence-electron chi connectivity index (χ2n) is 3.82. The van der Waals surface area contributed by atoms with Crippen molar-refractivity contribution in [1.82, 2.24) is 0 Å². The standard InChI is InChI=1S/C13H20O.C2H6/c1-4-5-6-7-12-8-11(2)9-13(10-12)14-3;1-2/h8-10H,4-7H2,1-3H3;1-2H3. The Morgan fingerprint density at radius 3 is 2.31 bits per heavy atom. The van der Waals surface area contributed by atoms with Crippen molar-refractivity contribution in [3.8, 4) is 5.75 Å².